The van der Waals surface area contributed by atoms with E-state index in [0.717, 1.165) is 5.56 Å². The molecule has 0 fully saturated rings. The predicted molar refractivity (Wildman–Crippen MR) is 142 cm³/mol. The Morgan fingerprint density at radius 2 is 1.57 bits per heavy atom. The Kier molecular flexibility index (Phi) is 7.85. The smallest absolute Gasteiger partial charge is 0.273 e. The molecule has 0 bridgehead atoms. The highest BCUT2D eigenvalue weighted by Crippen LogP contribution is 2.30. The van der Waals surface area contributed by atoms with Gasteiger partial charge in [0.1, 0.15) is 11.5 Å². The number of ether oxygens (including phenoxy) is 1. The highest BCUT2D eigenvalue weighted by Gasteiger charge is 2.28. The molecule has 2 N–H and O–H groups in total. The monoisotopic (exact) mass is 515 g/mol. The molecule has 0 saturated carbocycles. The van der Waals surface area contributed by atoms with Crippen LogP contribution in [-0.4, -0.2) is 32.8 Å². The van der Waals surface area contributed by atoms with Gasteiger partial charge < -0.3 is 9.84 Å². The van der Waals surface area contributed by atoms with Gasteiger partial charge in [0.25, 0.3) is 15.9 Å². The molecule has 0 saturated heterocycles. The molecule has 0 unspecified atom stereocenters. The SMILES string of the molecule is COc1ccc(S(=O)(=O)N(Cc2ccccc2)c2ccccc2C(=O)N/N=C\c2ccccc2O)cc1. The molecule has 4 aromatic rings. The lowest BCUT2D eigenvalue weighted by molar-refractivity contribution is 0.0955. The van der Waals surface area contributed by atoms with Crippen molar-refractivity contribution < 1.29 is 23.1 Å². The lowest BCUT2D eigenvalue weighted by Gasteiger charge is -2.26. The summed E-state index contributed by atoms with van der Waals surface area (Å²) in [5.74, 6) is -0.0681. The first-order valence-electron chi connectivity index (χ1n) is 11.3. The quantitative estimate of drug-likeness (QED) is 0.251. The van der Waals surface area contributed by atoms with E-state index in [1.807, 2.05) is 30.3 Å². The summed E-state index contributed by atoms with van der Waals surface area (Å²) in [6, 6.07) is 28.1. The highest BCUT2D eigenvalue weighted by atomic mass is 32.2. The Bertz CT molecular complexity index is 1500. The first-order chi connectivity index (χ1) is 17.9. The number of phenols is 1. The molecule has 0 heterocycles. The molecule has 9 heteroatoms. The van der Waals surface area contributed by atoms with Gasteiger partial charge >= 0.3 is 0 Å². The average molecular weight is 516 g/mol. The number of methoxy groups -OCH3 is 1. The van der Waals surface area contributed by atoms with E-state index in [9.17, 15) is 18.3 Å². The van der Waals surface area contributed by atoms with Crippen LogP contribution in [0.1, 0.15) is 21.5 Å². The average Bonchev–Trinajstić information content (AvgIpc) is 2.93. The van der Waals surface area contributed by atoms with Crippen LogP contribution >= 0.6 is 0 Å². The molecule has 8 nitrogen and oxygen atoms in total. The molecular weight excluding hydrogens is 490 g/mol. The molecular formula is C28H25N3O5S. The number of nitrogens with one attached hydrogen (secondary N) is 1. The molecule has 0 spiro atoms. The molecule has 0 aliphatic heterocycles. The van der Waals surface area contributed by atoms with Gasteiger partial charge in [0.05, 0.1) is 36.0 Å². The van der Waals surface area contributed by atoms with Crippen LogP contribution in [0, 0.1) is 0 Å². The van der Waals surface area contributed by atoms with Crippen molar-refractivity contribution >= 4 is 27.8 Å². The van der Waals surface area contributed by atoms with E-state index in [1.54, 1.807) is 48.5 Å². The maximum absolute atomic E-state index is 13.8. The van der Waals surface area contributed by atoms with Gasteiger partial charge in [-0.05, 0) is 54.1 Å². The zero-order valence-electron chi connectivity index (χ0n) is 20.0. The normalized spacial score (nSPS) is 11.3. The van der Waals surface area contributed by atoms with Gasteiger partial charge in [-0.15, -0.1) is 0 Å². The van der Waals surface area contributed by atoms with Crippen molar-refractivity contribution in [2.45, 2.75) is 11.4 Å². The number of carbonyl (C=O) groups excluding carboxylic acids is 1. The van der Waals surface area contributed by atoms with E-state index >= 15 is 0 Å². The third-order valence-corrected chi connectivity index (χ3v) is 7.31. The summed E-state index contributed by atoms with van der Waals surface area (Å²) in [4.78, 5) is 13.2. The standard InChI is InChI=1S/C28H25N3O5S/c1-36-23-15-17-24(18-16-23)37(34,35)31(20-21-9-3-2-4-10-21)26-13-7-6-12-25(26)28(33)30-29-19-22-11-5-8-14-27(22)32/h2-19,32H,20H2,1H3,(H,30,33)/b29-19-. The number of nitrogens with zero attached hydrogens (tertiary/aromatic N) is 2. The van der Waals surface area contributed by atoms with Gasteiger partial charge in [-0.3, -0.25) is 9.10 Å². The summed E-state index contributed by atoms with van der Waals surface area (Å²) >= 11 is 0. The van der Waals surface area contributed by atoms with Crippen molar-refractivity contribution in [1.82, 2.24) is 5.43 Å². The van der Waals surface area contributed by atoms with E-state index in [2.05, 4.69) is 10.5 Å². The molecule has 0 atom stereocenters. The zero-order valence-corrected chi connectivity index (χ0v) is 20.8. The molecule has 0 aliphatic carbocycles. The summed E-state index contributed by atoms with van der Waals surface area (Å²) in [7, 11) is -2.57. The molecule has 0 aromatic heterocycles. The Morgan fingerprint density at radius 1 is 0.919 bits per heavy atom. The Labute approximate surface area is 215 Å². The number of amides is 1. The van der Waals surface area contributed by atoms with Crippen LogP contribution in [0.4, 0.5) is 5.69 Å². The number of anilines is 1. The fourth-order valence-electron chi connectivity index (χ4n) is 3.62. The van der Waals surface area contributed by atoms with Crippen LogP contribution in [0.15, 0.2) is 113 Å². The van der Waals surface area contributed by atoms with E-state index in [-0.39, 0.29) is 28.4 Å². The van der Waals surface area contributed by atoms with Crippen molar-refractivity contribution in [2.75, 3.05) is 11.4 Å². The minimum atomic E-state index is -4.08. The van der Waals surface area contributed by atoms with Crippen molar-refractivity contribution in [1.29, 1.82) is 0 Å². The number of rotatable bonds is 9. The second kappa shape index (κ2) is 11.4. The summed E-state index contributed by atoms with van der Waals surface area (Å²) in [6.45, 7) is 0.000646. The number of hydrazone groups is 1. The van der Waals surface area contributed by atoms with Gasteiger partial charge in [0.2, 0.25) is 0 Å². The Balaban J connectivity index is 1.71. The molecule has 0 aliphatic rings. The Hall–Kier alpha value is -4.63. The van der Waals surface area contributed by atoms with Crippen LogP contribution in [0.3, 0.4) is 0 Å². The number of para-hydroxylation sites is 2. The third kappa shape index (κ3) is 5.96. The largest absolute Gasteiger partial charge is 0.507 e. The number of benzene rings is 4. The van der Waals surface area contributed by atoms with Crippen molar-refractivity contribution in [3.05, 3.63) is 120 Å². The van der Waals surface area contributed by atoms with Gasteiger partial charge in [0, 0.05) is 5.56 Å². The van der Waals surface area contributed by atoms with Crippen LogP contribution in [0.5, 0.6) is 11.5 Å². The lowest BCUT2D eigenvalue weighted by Crippen LogP contribution is -2.33. The molecule has 188 valence electrons. The number of phenolic OH excluding ortho intramolecular Hbond substituents is 1. The number of hydrogen-bond donors (Lipinski definition) is 2. The van der Waals surface area contributed by atoms with Crippen LogP contribution < -0.4 is 14.5 Å². The van der Waals surface area contributed by atoms with Crippen LogP contribution in [-0.2, 0) is 16.6 Å². The van der Waals surface area contributed by atoms with Gasteiger partial charge in [-0.1, -0.05) is 54.6 Å². The molecule has 1 amide bonds. The van der Waals surface area contributed by atoms with E-state index < -0.39 is 15.9 Å². The van der Waals surface area contributed by atoms with Crippen molar-refractivity contribution in [3.8, 4) is 11.5 Å². The van der Waals surface area contributed by atoms with Gasteiger partial charge in [0.15, 0.2) is 0 Å². The summed E-state index contributed by atoms with van der Waals surface area (Å²) in [5, 5.41) is 13.8. The maximum atomic E-state index is 13.8. The second-order valence-corrected chi connectivity index (χ2v) is 9.81. The molecule has 37 heavy (non-hydrogen) atoms. The number of sulfonamides is 1. The maximum Gasteiger partial charge on any atom is 0.273 e. The van der Waals surface area contributed by atoms with Crippen LogP contribution in [0.25, 0.3) is 0 Å². The minimum absolute atomic E-state index is 0.000646. The first-order valence-corrected chi connectivity index (χ1v) is 12.8. The highest BCUT2D eigenvalue weighted by molar-refractivity contribution is 7.92. The van der Waals surface area contributed by atoms with Gasteiger partial charge in [-0.2, -0.15) is 5.10 Å². The fourth-order valence-corrected chi connectivity index (χ4v) is 5.10. The third-order valence-electron chi connectivity index (χ3n) is 5.54. The molecule has 0 radical (unpaired) electrons. The topological polar surface area (TPSA) is 108 Å². The van der Waals surface area contributed by atoms with Gasteiger partial charge in [-0.25, -0.2) is 13.8 Å². The number of hydrogen-bond acceptors (Lipinski definition) is 6. The summed E-state index contributed by atoms with van der Waals surface area (Å²) in [6.07, 6.45) is 1.31. The van der Waals surface area contributed by atoms with E-state index in [1.165, 1.54) is 41.9 Å². The zero-order chi connectivity index (χ0) is 26.3. The van der Waals surface area contributed by atoms with E-state index in [4.69, 9.17) is 4.74 Å². The van der Waals surface area contributed by atoms with E-state index in [0.29, 0.717) is 11.3 Å². The fraction of sp³-hybridized carbons (Fsp3) is 0.0714. The van der Waals surface area contributed by atoms with Crippen molar-refractivity contribution in [2.24, 2.45) is 5.10 Å². The molecule has 4 rings (SSSR count). The first kappa shape index (κ1) is 25.5. The Morgan fingerprint density at radius 3 is 2.27 bits per heavy atom. The number of carbonyl (C=O) groups is 1. The summed E-state index contributed by atoms with van der Waals surface area (Å²) in [5.41, 5.74) is 3.89. The lowest BCUT2D eigenvalue weighted by atomic mass is 10.1. The second-order valence-electron chi connectivity index (χ2n) is 7.95. The molecule has 4 aromatic carbocycles. The number of aromatic hydroxyl groups is 1. The predicted octanol–water partition coefficient (Wildman–Crippen LogP) is 4.56. The summed E-state index contributed by atoms with van der Waals surface area (Å²) < 4.78 is 34.0. The minimum Gasteiger partial charge on any atom is -0.507 e. The van der Waals surface area contributed by atoms with Crippen molar-refractivity contribution in [3.63, 3.8) is 0 Å². The van der Waals surface area contributed by atoms with Crippen LogP contribution in [0.2, 0.25) is 0 Å².